The lowest BCUT2D eigenvalue weighted by Crippen LogP contribution is -2.44. The molecule has 2 atom stereocenters. The molecule has 1 aliphatic rings. The van der Waals surface area contributed by atoms with E-state index in [2.05, 4.69) is 37.6 Å². The molecule has 0 heterocycles. The van der Waals surface area contributed by atoms with Gasteiger partial charge in [0.2, 0.25) is 11.8 Å². The highest BCUT2D eigenvalue weighted by molar-refractivity contribution is 5.98. The van der Waals surface area contributed by atoms with Crippen molar-refractivity contribution < 1.29 is 9.59 Å². The van der Waals surface area contributed by atoms with E-state index in [-0.39, 0.29) is 17.9 Å². The smallest absolute Gasteiger partial charge is 0.247 e. The molecule has 0 aromatic heterocycles. The third kappa shape index (κ3) is 4.70. The first-order chi connectivity index (χ1) is 11.5. The van der Waals surface area contributed by atoms with Crippen LogP contribution in [0.1, 0.15) is 45.6 Å². The normalized spacial score (nSPS) is 16.1. The first-order valence-corrected chi connectivity index (χ1v) is 8.79. The summed E-state index contributed by atoms with van der Waals surface area (Å²) in [6.45, 7) is 9.98. The number of nitrogens with zero attached hydrogens (tertiary/aromatic N) is 1. The summed E-state index contributed by atoms with van der Waals surface area (Å²) >= 11 is 0. The Kier molecular flexibility index (Phi) is 6.18. The zero-order valence-corrected chi connectivity index (χ0v) is 14.9. The number of hydrogen-bond acceptors (Lipinski definition) is 2. The Balaban J connectivity index is 2.01. The van der Waals surface area contributed by atoms with Gasteiger partial charge in [0.15, 0.2) is 0 Å². The Labute approximate surface area is 144 Å². The second-order valence-electron chi connectivity index (χ2n) is 6.73. The topological polar surface area (TPSA) is 49.4 Å². The average Bonchev–Trinajstić information content (AvgIpc) is 3.40. The molecule has 1 aromatic rings. The quantitative estimate of drug-likeness (QED) is 0.738. The maximum atomic E-state index is 12.8. The van der Waals surface area contributed by atoms with E-state index >= 15 is 0 Å². The number of nitrogens with one attached hydrogen (secondary N) is 1. The van der Waals surface area contributed by atoms with Gasteiger partial charge in [-0.25, -0.2) is 0 Å². The number of benzene rings is 1. The number of carbonyl (C=O) groups is 2. The Hall–Kier alpha value is -2.10. The summed E-state index contributed by atoms with van der Waals surface area (Å²) in [6.07, 6.45) is 4.97. The van der Waals surface area contributed by atoms with Crippen LogP contribution in [0, 0.1) is 5.92 Å². The summed E-state index contributed by atoms with van der Waals surface area (Å²) in [7, 11) is 0. The van der Waals surface area contributed by atoms with Crippen LogP contribution < -0.4 is 5.32 Å². The van der Waals surface area contributed by atoms with Gasteiger partial charge in [-0.2, -0.15) is 0 Å². The lowest BCUT2D eigenvalue weighted by atomic mass is 9.98. The minimum absolute atomic E-state index is 0.202. The van der Waals surface area contributed by atoms with E-state index in [4.69, 9.17) is 0 Å². The minimum atomic E-state index is -0.235. The molecular formula is C20H28N2O2. The van der Waals surface area contributed by atoms with E-state index in [1.54, 1.807) is 0 Å². The molecule has 0 saturated heterocycles. The highest BCUT2D eigenvalue weighted by Gasteiger charge is 2.36. The summed E-state index contributed by atoms with van der Waals surface area (Å²) in [6, 6.07) is 8.15. The predicted octanol–water partition coefficient (Wildman–Crippen LogP) is 3.78. The summed E-state index contributed by atoms with van der Waals surface area (Å²) in [5, 5.41) is 2.71. The predicted molar refractivity (Wildman–Crippen MR) is 97.8 cm³/mol. The van der Waals surface area contributed by atoms with Crippen molar-refractivity contribution in [2.75, 3.05) is 5.32 Å². The van der Waals surface area contributed by atoms with Gasteiger partial charge in [-0.15, -0.1) is 0 Å². The van der Waals surface area contributed by atoms with Crippen LogP contribution in [-0.2, 0) is 16.0 Å². The van der Waals surface area contributed by atoms with E-state index in [1.807, 2.05) is 24.3 Å². The molecule has 0 radical (unpaired) electrons. The summed E-state index contributed by atoms with van der Waals surface area (Å²) in [4.78, 5) is 26.2. The van der Waals surface area contributed by atoms with E-state index in [1.165, 1.54) is 6.08 Å². The SMILES string of the molecule is C=CC(=O)Nc1ccc(CC(=O)N(C2CC2)C(C)C(C)CC)cc1. The lowest BCUT2D eigenvalue weighted by Gasteiger charge is -2.33. The van der Waals surface area contributed by atoms with Gasteiger partial charge >= 0.3 is 0 Å². The Bertz CT molecular complexity index is 590. The van der Waals surface area contributed by atoms with Crippen molar-refractivity contribution in [3.05, 3.63) is 42.5 Å². The molecule has 1 fully saturated rings. The van der Waals surface area contributed by atoms with E-state index < -0.39 is 0 Å². The number of rotatable bonds is 8. The summed E-state index contributed by atoms with van der Waals surface area (Å²) in [5.41, 5.74) is 1.68. The third-order valence-corrected chi connectivity index (χ3v) is 4.90. The molecule has 1 aromatic carbocycles. The largest absolute Gasteiger partial charge is 0.336 e. The van der Waals surface area contributed by atoms with Crippen LogP contribution in [-0.4, -0.2) is 28.8 Å². The van der Waals surface area contributed by atoms with Crippen molar-refractivity contribution in [2.45, 2.75) is 58.5 Å². The first-order valence-electron chi connectivity index (χ1n) is 8.79. The van der Waals surface area contributed by atoms with Crippen LogP contribution in [0.5, 0.6) is 0 Å². The number of carbonyl (C=O) groups excluding carboxylic acids is 2. The Morgan fingerprint density at radius 3 is 2.42 bits per heavy atom. The average molecular weight is 328 g/mol. The van der Waals surface area contributed by atoms with Crippen LogP contribution in [0.15, 0.2) is 36.9 Å². The minimum Gasteiger partial charge on any atom is -0.336 e. The van der Waals surface area contributed by atoms with Gasteiger partial charge in [0.05, 0.1) is 6.42 Å². The van der Waals surface area contributed by atoms with E-state index in [0.29, 0.717) is 24.1 Å². The van der Waals surface area contributed by atoms with E-state index in [9.17, 15) is 9.59 Å². The maximum absolute atomic E-state index is 12.8. The van der Waals surface area contributed by atoms with Crippen molar-refractivity contribution >= 4 is 17.5 Å². The maximum Gasteiger partial charge on any atom is 0.247 e. The van der Waals surface area contributed by atoms with Crippen LogP contribution in [0.2, 0.25) is 0 Å². The molecule has 2 amide bonds. The van der Waals surface area contributed by atoms with Gasteiger partial charge in [-0.1, -0.05) is 39.0 Å². The molecule has 1 aliphatic carbocycles. The molecule has 1 N–H and O–H groups in total. The number of amides is 2. The second kappa shape index (κ2) is 8.13. The zero-order valence-electron chi connectivity index (χ0n) is 14.9. The fraction of sp³-hybridized carbons (Fsp3) is 0.500. The highest BCUT2D eigenvalue weighted by Crippen LogP contribution is 2.32. The fourth-order valence-electron chi connectivity index (χ4n) is 2.90. The molecule has 0 spiro atoms. The molecule has 24 heavy (non-hydrogen) atoms. The van der Waals surface area contributed by atoms with Crippen LogP contribution in [0.4, 0.5) is 5.69 Å². The molecular weight excluding hydrogens is 300 g/mol. The molecule has 0 bridgehead atoms. The van der Waals surface area contributed by atoms with E-state index in [0.717, 1.165) is 24.8 Å². The fourth-order valence-corrected chi connectivity index (χ4v) is 2.90. The second-order valence-corrected chi connectivity index (χ2v) is 6.73. The van der Waals surface area contributed by atoms with Gasteiger partial charge in [0.25, 0.3) is 0 Å². The highest BCUT2D eigenvalue weighted by atomic mass is 16.2. The number of anilines is 1. The molecule has 4 heteroatoms. The molecule has 0 aliphatic heterocycles. The molecule has 2 rings (SSSR count). The monoisotopic (exact) mass is 328 g/mol. The lowest BCUT2D eigenvalue weighted by molar-refractivity contribution is -0.134. The molecule has 2 unspecified atom stereocenters. The van der Waals surface area contributed by atoms with Crippen LogP contribution >= 0.6 is 0 Å². The first kappa shape index (κ1) is 18.2. The van der Waals surface area contributed by atoms with Gasteiger partial charge in [-0.3, -0.25) is 9.59 Å². The Morgan fingerprint density at radius 2 is 1.92 bits per heavy atom. The van der Waals surface area contributed by atoms with Gasteiger partial charge in [0.1, 0.15) is 0 Å². The van der Waals surface area contributed by atoms with Gasteiger partial charge < -0.3 is 10.2 Å². The van der Waals surface area contributed by atoms with Crippen molar-refractivity contribution in [1.82, 2.24) is 4.90 Å². The number of hydrogen-bond donors (Lipinski definition) is 1. The van der Waals surface area contributed by atoms with Crippen LogP contribution in [0.3, 0.4) is 0 Å². The van der Waals surface area contributed by atoms with Gasteiger partial charge in [0, 0.05) is 17.8 Å². The van der Waals surface area contributed by atoms with Crippen molar-refractivity contribution in [2.24, 2.45) is 5.92 Å². The van der Waals surface area contributed by atoms with Crippen molar-refractivity contribution in [1.29, 1.82) is 0 Å². The van der Waals surface area contributed by atoms with Crippen molar-refractivity contribution in [3.8, 4) is 0 Å². The zero-order chi connectivity index (χ0) is 17.7. The third-order valence-electron chi connectivity index (χ3n) is 4.90. The summed E-state index contributed by atoms with van der Waals surface area (Å²) in [5.74, 6) is 0.473. The van der Waals surface area contributed by atoms with Crippen molar-refractivity contribution in [3.63, 3.8) is 0 Å². The Morgan fingerprint density at radius 1 is 1.29 bits per heavy atom. The molecule has 4 nitrogen and oxygen atoms in total. The summed E-state index contributed by atoms with van der Waals surface area (Å²) < 4.78 is 0. The van der Waals surface area contributed by atoms with Gasteiger partial charge in [-0.05, 0) is 49.5 Å². The molecule has 1 saturated carbocycles. The molecule has 130 valence electrons. The van der Waals surface area contributed by atoms with Crippen LogP contribution in [0.25, 0.3) is 0 Å². The standard InChI is InChI=1S/C20H28N2O2/c1-5-14(3)15(4)22(18-11-12-18)20(24)13-16-7-9-17(10-8-16)21-19(23)6-2/h6-10,14-15,18H,2,5,11-13H2,1,3-4H3,(H,21,23).